The maximum Gasteiger partial charge on any atom is 0.126 e. The number of halogens is 1. The van der Waals surface area contributed by atoms with E-state index in [1.807, 2.05) is 26.4 Å². The molecule has 0 radical (unpaired) electrons. The van der Waals surface area contributed by atoms with Crippen molar-refractivity contribution in [3.8, 4) is 11.3 Å². The smallest absolute Gasteiger partial charge is 0.126 e. The number of benzene rings is 1. The lowest BCUT2D eigenvalue weighted by molar-refractivity contribution is 0.619. The Labute approximate surface area is 100 Å². The van der Waals surface area contributed by atoms with Crippen LogP contribution in [0, 0.1) is 12.7 Å². The zero-order chi connectivity index (χ0) is 12.4. The molecule has 3 nitrogen and oxygen atoms in total. The highest BCUT2D eigenvalue weighted by Crippen LogP contribution is 2.23. The number of aryl methyl sites for hydroxylation is 2. The summed E-state index contributed by atoms with van der Waals surface area (Å²) in [5.74, 6) is -0.191. The van der Waals surface area contributed by atoms with E-state index in [2.05, 4.69) is 10.4 Å². The third-order valence-corrected chi connectivity index (χ3v) is 2.72. The molecule has 0 spiro atoms. The van der Waals surface area contributed by atoms with Crippen molar-refractivity contribution in [2.75, 3.05) is 7.05 Å². The number of nitrogens with zero attached hydrogens (tertiary/aromatic N) is 2. The molecule has 0 bridgehead atoms. The number of hydrogen-bond donors (Lipinski definition) is 1. The highest BCUT2D eigenvalue weighted by Gasteiger charge is 2.10. The molecule has 0 saturated carbocycles. The first-order chi connectivity index (χ1) is 8.11. The summed E-state index contributed by atoms with van der Waals surface area (Å²) >= 11 is 0. The van der Waals surface area contributed by atoms with Crippen LogP contribution in [0.2, 0.25) is 0 Å². The van der Waals surface area contributed by atoms with Crippen molar-refractivity contribution >= 4 is 0 Å². The van der Waals surface area contributed by atoms with Gasteiger partial charge in [-0.25, -0.2) is 4.39 Å². The van der Waals surface area contributed by atoms with Crippen molar-refractivity contribution in [1.29, 1.82) is 0 Å². The summed E-state index contributed by atoms with van der Waals surface area (Å²) in [6, 6.07) is 5.22. The first-order valence-electron chi connectivity index (χ1n) is 5.55. The molecule has 90 valence electrons. The van der Waals surface area contributed by atoms with Crippen LogP contribution in [0.5, 0.6) is 0 Å². The second kappa shape index (κ2) is 4.67. The standard InChI is InChI=1S/C13H16FN3/c1-9-4-5-10(6-12(9)14)13-11(7-15-2)8-17(3)16-13/h4-6,8,15H,7H2,1-3H3. The summed E-state index contributed by atoms with van der Waals surface area (Å²) in [5.41, 5.74) is 3.37. The van der Waals surface area contributed by atoms with E-state index in [9.17, 15) is 4.39 Å². The Kier molecular flexibility index (Phi) is 3.24. The van der Waals surface area contributed by atoms with E-state index in [0.29, 0.717) is 5.56 Å². The van der Waals surface area contributed by atoms with Crippen LogP contribution in [0.4, 0.5) is 4.39 Å². The molecular formula is C13H16FN3. The van der Waals surface area contributed by atoms with E-state index in [0.717, 1.165) is 23.4 Å². The molecule has 0 saturated heterocycles. The topological polar surface area (TPSA) is 29.9 Å². The maximum atomic E-state index is 13.5. The van der Waals surface area contributed by atoms with Gasteiger partial charge in [0.2, 0.25) is 0 Å². The molecule has 0 amide bonds. The minimum Gasteiger partial charge on any atom is -0.316 e. The summed E-state index contributed by atoms with van der Waals surface area (Å²) < 4.78 is 15.3. The van der Waals surface area contributed by atoms with Gasteiger partial charge in [0.15, 0.2) is 0 Å². The lowest BCUT2D eigenvalue weighted by Gasteiger charge is -2.03. The molecule has 17 heavy (non-hydrogen) atoms. The van der Waals surface area contributed by atoms with E-state index in [-0.39, 0.29) is 5.82 Å². The lowest BCUT2D eigenvalue weighted by Crippen LogP contribution is -2.05. The molecule has 1 heterocycles. The first-order valence-corrected chi connectivity index (χ1v) is 5.55. The predicted molar refractivity (Wildman–Crippen MR) is 66.1 cm³/mol. The molecule has 0 aliphatic rings. The van der Waals surface area contributed by atoms with Crippen LogP contribution in [0.3, 0.4) is 0 Å². The normalized spacial score (nSPS) is 10.8. The second-order valence-electron chi connectivity index (χ2n) is 4.17. The summed E-state index contributed by atoms with van der Waals surface area (Å²) in [6.07, 6.45) is 1.95. The summed E-state index contributed by atoms with van der Waals surface area (Å²) in [7, 11) is 3.75. The van der Waals surface area contributed by atoms with Crippen molar-refractivity contribution in [3.05, 3.63) is 41.3 Å². The fourth-order valence-electron chi connectivity index (χ4n) is 1.84. The Balaban J connectivity index is 2.47. The van der Waals surface area contributed by atoms with Gasteiger partial charge in [0.05, 0.1) is 5.69 Å². The minimum atomic E-state index is -0.191. The van der Waals surface area contributed by atoms with E-state index in [4.69, 9.17) is 0 Å². The van der Waals surface area contributed by atoms with Gasteiger partial charge in [-0.3, -0.25) is 4.68 Å². The number of hydrogen-bond acceptors (Lipinski definition) is 2. The van der Waals surface area contributed by atoms with Gasteiger partial charge in [0.1, 0.15) is 5.82 Å². The molecule has 2 rings (SSSR count). The van der Waals surface area contributed by atoms with E-state index in [1.165, 1.54) is 6.07 Å². The molecule has 4 heteroatoms. The Morgan fingerprint density at radius 3 is 2.82 bits per heavy atom. The van der Waals surface area contributed by atoms with Crippen LogP contribution >= 0.6 is 0 Å². The molecule has 1 aromatic carbocycles. The minimum absolute atomic E-state index is 0.191. The largest absolute Gasteiger partial charge is 0.316 e. The van der Waals surface area contributed by atoms with Crippen LogP contribution in [0.25, 0.3) is 11.3 Å². The third kappa shape index (κ3) is 2.36. The molecular weight excluding hydrogens is 217 g/mol. The van der Waals surface area contributed by atoms with Gasteiger partial charge in [0, 0.05) is 30.9 Å². The zero-order valence-electron chi connectivity index (χ0n) is 10.3. The highest BCUT2D eigenvalue weighted by molar-refractivity contribution is 5.63. The van der Waals surface area contributed by atoms with Gasteiger partial charge < -0.3 is 5.32 Å². The monoisotopic (exact) mass is 233 g/mol. The second-order valence-corrected chi connectivity index (χ2v) is 4.17. The maximum absolute atomic E-state index is 13.5. The quantitative estimate of drug-likeness (QED) is 0.881. The molecule has 2 aromatic rings. The number of aromatic nitrogens is 2. The van der Waals surface area contributed by atoms with Crippen molar-refractivity contribution in [1.82, 2.24) is 15.1 Å². The fourth-order valence-corrected chi connectivity index (χ4v) is 1.84. The van der Waals surface area contributed by atoms with Gasteiger partial charge in [-0.2, -0.15) is 5.10 Å². The van der Waals surface area contributed by atoms with E-state index < -0.39 is 0 Å². The van der Waals surface area contributed by atoms with Gasteiger partial charge >= 0.3 is 0 Å². The van der Waals surface area contributed by atoms with Crippen molar-refractivity contribution in [2.45, 2.75) is 13.5 Å². The van der Waals surface area contributed by atoms with Crippen LogP contribution in [-0.2, 0) is 13.6 Å². The zero-order valence-corrected chi connectivity index (χ0v) is 10.3. The van der Waals surface area contributed by atoms with Gasteiger partial charge in [-0.1, -0.05) is 12.1 Å². The molecule has 1 N–H and O–H groups in total. The van der Waals surface area contributed by atoms with E-state index >= 15 is 0 Å². The summed E-state index contributed by atoms with van der Waals surface area (Å²) in [6.45, 7) is 2.48. The molecule has 0 unspecified atom stereocenters. The SMILES string of the molecule is CNCc1cn(C)nc1-c1ccc(C)c(F)c1. The lowest BCUT2D eigenvalue weighted by atomic mass is 10.1. The molecule has 0 atom stereocenters. The Hall–Kier alpha value is -1.68. The number of rotatable bonds is 3. The third-order valence-electron chi connectivity index (χ3n) is 2.72. The van der Waals surface area contributed by atoms with Crippen LogP contribution < -0.4 is 5.32 Å². The Morgan fingerprint density at radius 2 is 2.18 bits per heavy atom. The first kappa shape index (κ1) is 11.8. The highest BCUT2D eigenvalue weighted by atomic mass is 19.1. The predicted octanol–water partition coefficient (Wildman–Crippen LogP) is 2.25. The van der Waals surface area contributed by atoms with Crippen molar-refractivity contribution in [2.24, 2.45) is 7.05 Å². The van der Waals surface area contributed by atoms with Crippen LogP contribution in [0.1, 0.15) is 11.1 Å². The Morgan fingerprint density at radius 1 is 1.41 bits per heavy atom. The summed E-state index contributed by atoms with van der Waals surface area (Å²) in [4.78, 5) is 0. The average Bonchev–Trinajstić information content (AvgIpc) is 2.64. The van der Waals surface area contributed by atoms with Gasteiger partial charge in [0.25, 0.3) is 0 Å². The average molecular weight is 233 g/mol. The molecule has 0 fully saturated rings. The van der Waals surface area contributed by atoms with Crippen LogP contribution in [-0.4, -0.2) is 16.8 Å². The summed E-state index contributed by atoms with van der Waals surface area (Å²) in [5, 5.41) is 7.47. The fraction of sp³-hybridized carbons (Fsp3) is 0.308. The molecule has 1 aromatic heterocycles. The van der Waals surface area contributed by atoms with Gasteiger partial charge in [-0.15, -0.1) is 0 Å². The van der Waals surface area contributed by atoms with Crippen molar-refractivity contribution in [3.63, 3.8) is 0 Å². The number of nitrogens with one attached hydrogen (secondary N) is 1. The van der Waals surface area contributed by atoms with Crippen molar-refractivity contribution < 1.29 is 4.39 Å². The molecule has 0 aliphatic carbocycles. The van der Waals surface area contributed by atoms with E-state index in [1.54, 1.807) is 17.7 Å². The Bertz CT molecular complexity index is 531. The molecule has 0 aliphatic heterocycles. The van der Waals surface area contributed by atoms with Gasteiger partial charge in [-0.05, 0) is 25.6 Å². The van der Waals surface area contributed by atoms with Crippen LogP contribution in [0.15, 0.2) is 24.4 Å².